The molecule has 1 aromatic heterocycles. The maximum Gasteiger partial charge on any atom is 0.0922 e. The van der Waals surface area contributed by atoms with E-state index < -0.39 is 0 Å². The number of aromatic amines is 1. The lowest BCUT2D eigenvalue weighted by atomic mass is 9.46. The molecule has 20 heavy (non-hydrogen) atoms. The van der Waals surface area contributed by atoms with Crippen LogP contribution in [0.1, 0.15) is 51.1 Å². The molecule has 5 rings (SSSR count). The van der Waals surface area contributed by atoms with Gasteiger partial charge in [-0.25, -0.2) is 4.98 Å². The summed E-state index contributed by atoms with van der Waals surface area (Å²) in [5.41, 5.74) is 1.10. The second-order valence-corrected chi connectivity index (χ2v) is 7.73. The van der Waals surface area contributed by atoms with Crippen molar-refractivity contribution in [2.24, 2.45) is 17.3 Å². The molecule has 110 valence electrons. The minimum atomic E-state index is -0.353. The van der Waals surface area contributed by atoms with Gasteiger partial charge in [-0.2, -0.15) is 0 Å². The molecule has 4 fully saturated rings. The van der Waals surface area contributed by atoms with Gasteiger partial charge in [-0.3, -0.25) is 0 Å². The average molecular weight is 275 g/mol. The fourth-order valence-corrected chi connectivity index (χ4v) is 5.65. The standard InChI is InChI=1S/C16H25N3O/c1-11(18-8-14-7-17-10-19-14)15-3-12-2-13(4-15)6-16(20,5-12)9-15/h7,10-13,18,20H,2-6,8-9H2,1H3,(H,17,19). The zero-order chi connectivity index (χ0) is 13.8. The topological polar surface area (TPSA) is 60.9 Å². The molecular formula is C16H25N3O. The van der Waals surface area contributed by atoms with Crippen molar-refractivity contribution in [2.75, 3.05) is 0 Å². The monoisotopic (exact) mass is 275 g/mol. The quantitative estimate of drug-likeness (QED) is 0.789. The van der Waals surface area contributed by atoms with Gasteiger partial charge in [-0.15, -0.1) is 0 Å². The van der Waals surface area contributed by atoms with Gasteiger partial charge in [-0.05, 0) is 62.7 Å². The predicted octanol–water partition coefficient (Wildman–Crippen LogP) is 2.22. The normalized spacial score (nSPS) is 43.9. The van der Waals surface area contributed by atoms with E-state index in [1.54, 1.807) is 6.33 Å². The second-order valence-electron chi connectivity index (χ2n) is 7.73. The molecule has 4 nitrogen and oxygen atoms in total. The Morgan fingerprint density at radius 2 is 2.15 bits per heavy atom. The van der Waals surface area contributed by atoms with Crippen LogP contribution in [0.2, 0.25) is 0 Å². The molecule has 3 atom stereocenters. The zero-order valence-corrected chi connectivity index (χ0v) is 12.2. The van der Waals surface area contributed by atoms with E-state index in [4.69, 9.17) is 0 Å². The van der Waals surface area contributed by atoms with E-state index >= 15 is 0 Å². The Kier molecular flexibility index (Phi) is 2.77. The van der Waals surface area contributed by atoms with Crippen LogP contribution in [0.4, 0.5) is 0 Å². The molecule has 1 aromatic rings. The molecule has 4 bridgehead atoms. The summed E-state index contributed by atoms with van der Waals surface area (Å²) in [6.07, 6.45) is 10.7. The summed E-state index contributed by atoms with van der Waals surface area (Å²) in [4.78, 5) is 7.22. The first kappa shape index (κ1) is 12.8. The summed E-state index contributed by atoms with van der Waals surface area (Å²) < 4.78 is 0. The molecule has 0 aliphatic heterocycles. The fraction of sp³-hybridized carbons (Fsp3) is 0.812. The van der Waals surface area contributed by atoms with E-state index in [1.165, 1.54) is 19.3 Å². The molecule has 0 aromatic carbocycles. The number of rotatable bonds is 4. The molecule has 4 aliphatic carbocycles. The summed E-state index contributed by atoms with van der Waals surface area (Å²) in [5.74, 6) is 1.52. The van der Waals surface area contributed by atoms with Crippen LogP contribution in [0, 0.1) is 17.3 Å². The lowest BCUT2D eigenvalue weighted by Crippen LogP contribution is -2.61. The molecule has 4 saturated carbocycles. The molecule has 0 saturated heterocycles. The van der Waals surface area contributed by atoms with E-state index in [2.05, 4.69) is 22.2 Å². The van der Waals surface area contributed by atoms with Gasteiger partial charge in [0.1, 0.15) is 0 Å². The number of hydrogen-bond donors (Lipinski definition) is 3. The smallest absolute Gasteiger partial charge is 0.0922 e. The van der Waals surface area contributed by atoms with Crippen molar-refractivity contribution < 1.29 is 5.11 Å². The fourth-order valence-electron chi connectivity index (χ4n) is 5.65. The van der Waals surface area contributed by atoms with Gasteiger partial charge < -0.3 is 15.4 Å². The SMILES string of the molecule is CC(NCc1cnc[nH]1)C12CC3CC(CC(O)(C3)C1)C2. The van der Waals surface area contributed by atoms with Gasteiger partial charge in [0, 0.05) is 24.5 Å². The van der Waals surface area contributed by atoms with Crippen molar-refractivity contribution in [1.82, 2.24) is 15.3 Å². The summed E-state index contributed by atoms with van der Waals surface area (Å²) in [6.45, 7) is 3.16. The van der Waals surface area contributed by atoms with E-state index in [1.807, 2.05) is 6.20 Å². The Bertz CT molecular complexity index is 470. The number of nitrogens with one attached hydrogen (secondary N) is 2. The lowest BCUT2D eigenvalue weighted by molar-refractivity contribution is -0.172. The Labute approximate surface area is 120 Å². The number of aromatic nitrogens is 2. The Morgan fingerprint density at radius 1 is 1.40 bits per heavy atom. The molecule has 3 unspecified atom stereocenters. The number of imidazole rings is 1. The Balaban J connectivity index is 1.49. The highest BCUT2D eigenvalue weighted by molar-refractivity contribution is 5.11. The number of H-pyrrole nitrogens is 1. The molecular weight excluding hydrogens is 250 g/mol. The van der Waals surface area contributed by atoms with Gasteiger partial charge in [0.05, 0.1) is 11.9 Å². The van der Waals surface area contributed by atoms with Crippen LogP contribution in [0.15, 0.2) is 12.5 Å². The molecule has 0 spiro atoms. The van der Waals surface area contributed by atoms with Crippen LogP contribution in [0.5, 0.6) is 0 Å². The van der Waals surface area contributed by atoms with E-state index in [0.717, 1.165) is 43.3 Å². The third-order valence-electron chi connectivity index (χ3n) is 6.15. The summed E-state index contributed by atoms with van der Waals surface area (Å²) in [7, 11) is 0. The van der Waals surface area contributed by atoms with Crippen LogP contribution >= 0.6 is 0 Å². The third-order valence-corrected chi connectivity index (χ3v) is 6.15. The van der Waals surface area contributed by atoms with Crippen molar-refractivity contribution in [1.29, 1.82) is 0 Å². The predicted molar refractivity (Wildman–Crippen MR) is 77.0 cm³/mol. The van der Waals surface area contributed by atoms with Crippen molar-refractivity contribution in [2.45, 2.75) is 63.6 Å². The number of hydrogen-bond acceptors (Lipinski definition) is 3. The van der Waals surface area contributed by atoms with E-state index in [0.29, 0.717) is 11.5 Å². The average Bonchev–Trinajstić information content (AvgIpc) is 2.85. The van der Waals surface area contributed by atoms with Crippen LogP contribution in [-0.4, -0.2) is 26.7 Å². The van der Waals surface area contributed by atoms with Crippen molar-refractivity contribution in [3.05, 3.63) is 18.2 Å². The summed E-state index contributed by atoms with van der Waals surface area (Å²) in [6, 6.07) is 0.461. The minimum absolute atomic E-state index is 0.318. The maximum atomic E-state index is 10.8. The van der Waals surface area contributed by atoms with E-state index in [-0.39, 0.29) is 5.60 Å². The first-order chi connectivity index (χ1) is 9.57. The first-order valence-corrected chi connectivity index (χ1v) is 8.00. The molecule has 0 radical (unpaired) electrons. The van der Waals surface area contributed by atoms with Gasteiger partial charge in [0.25, 0.3) is 0 Å². The summed E-state index contributed by atoms with van der Waals surface area (Å²) >= 11 is 0. The van der Waals surface area contributed by atoms with Crippen LogP contribution in [0.25, 0.3) is 0 Å². The zero-order valence-electron chi connectivity index (χ0n) is 12.2. The number of nitrogens with zero attached hydrogens (tertiary/aromatic N) is 1. The van der Waals surface area contributed by atoms with E-state index in [9.17, 15) is 5.11 Å². The van der Waals surface area contributed by atoms with Crippen LogP contribution in [0.3, 0.4) is 0 Å². The lowest BCUT2D eigenvalue weighted by Gasteiger charge is -2.62. The number of aliphatic hydroxyl groups is 1. The molecule has 4 aliphatic rings. The van der Waals surface area contributed by atoms with Gasteiger partial charge in [0.15, 0.2) is 0 Å². The third kappa shape index (κ3) is 2.01. The second kappa shape index (κ2) is 4.31. The van der Waals surface area contributed by atoms with Crippen molar-refractivity contribution >= 4 is 0 Å². The Hall–Kier alpha value is -0.870. The minimum Gasteiger partial charge on any atom is -0.390 e. The first-order valence-electron chi connectivity index (χ1n) is 8.00. The largest absolute Gasteiger partial charge is 0.390 e. The van der Waals surface area contributed by atoms with Crippen LogP contribution < -0.4 is 5.32 Å². The highest BCUT2D eigenvalue weighted by atomic mass is 16.3. The maximum absolute atomic E-state index is 10.8. The molecule has 3 N–H and O–H groups in total. The molecule has 0 amide bonds. The van der Waals surface area contributed by atoms with Gasteiger partial charge >= 0.3 is 0 Å². The van der Waals surface area contributed by atoms with Crippen molar-refractivity contribution in [3.63, 3.8) is 0 Å². The summed E-state index contributed by atoms with van der Waals surface area (Å²) in [5, 5.41) is 14.5. The van der Waals surface area contributed by atoms with Crippen molar-refractivity contribution in [3.8, 4) is 0 Å². The molecule has 1 heterocycles. The Morgan fingerprint density at radius 3 is 2.75 bits per heavy atom. The van der Waals surface area contributed by atoms with Gasteiger partial charge in [0.2, 0.25) is 0 Å². The van der Waals surface area contributed by atoms with Gasteiger partial charge in [-0.1, -0.05) is 0 Å². The molecule has 4 heteroatoms. The highest BCUT2D eigenvalue weighted by Crippen LogP contribution is 2.62. The van der Waals surface area contributed by atoms with Crippen LogP contribution in [-0.2, 0) is 6.54 Å². The highest BCUT2D eigenvalue weighted by Gasteiger charge is 2.58.